The first-order valence-corrected chi connectivity index (χ1v) is 3.87. The van der Waals surface area contributed by atoms with Gasteiger partial charge in [-0.25, -0.2) is 0 Å². The van der Waals surface area contributed by atoms with Gasteiger partial charge in [0, 0.05) is 0 Å². The molecular formula is C6H11ClO5. The van der Waals surface area contributed by atoms with E-state index in [2.05, 4.69) is 0 Å². The van der Waals surface area contributed by atoms with E-state index in [1.54, 1.807) is 0 Å². The molecule has 12 heavy (non-hydrogen) atoms. The molecule has 0 saturated carbocycles. The summed E-state index contributed by atoms with van der Waals surface area (Å²) in [6.45, 7) is -0.832. The Morgan fingerprint density at radius 3 is 2.50 bits per heavy atom. The molecule has 4 atom stereocenters. The van der Waals surface area contributed by atoms with E-state index in [4.69, 9.17) is 31.7 Å². The lowest BCUT2D eigenvalue weighted by Crippen LogP contribution is -2.59. The third-order valence-electron chi connectivity index (χ3n) is 1.87. The molecule has 1 rings (SSSR count). The van der Waals surface area contributed by atoms with E-state index in [9.17, 15) is 5.11 Å². The first-order valence-electron chi connectivity index (χ1n) is 3.49. The van der Waals surface area contributed by atoms with Crippen molar-refractivity contribution >= 4 is 11.6 Å². The summed E-state index contributed by atoms with van der Waals surface area (Å²) in [7, 11) is 0. The van der Waals surface area contributed by atoms with Gasteiger partial charge in [-0.2, -0.15) is 0 Å². The quantitative estimate of drug-likeness (QED) is 0.367. The summed E-state index contributed by atoms with van der Waals surface area (Å²) < 4.78 is 4.76. The van der Waals surface area contributed by atoms with E-state index in [0.717, 1.165) is 0 Å². The monoisotopic (exact) mass is 198 g/mol. The maximum atomic E-state index is 9.24. The fourth-order valence-corrected chi connectivity index (χ4v) is 1.20. The molecular weight excluding hydrogens is 188 g/mol. The van der Waals surface area contributed by atoms with Crippen LogP contribution < -0.4 is 0 Å². The standard InChI is InChI=1S/C6H11ClO5/c7-6(2-8)5(11)4(10)3(9)1-12-6/h3-5,8-11H,1-2H2/t3-,4-,5+,6?/m1/s1. The number of hydrogen-bond acceptors (Lipinski definition) is 5. The highest BCUT2D eigenvalue weighted by Gasteiger charge is 2.47. The van der Waals surface area contributed by atoms with Crippen LogP contribution in [0.1, 0.15) is 0 Å². The molecule has 1 saturated heterocycles. The number of hydrogen-bond donors (Lipinski definition) is 4. The van der Waals surface area contributed by atoms with Crippen molar-refractivity contribution in [3.8, 4) is 0 Å². The number of ether oxygens (including phenoxy) is 1. The van der Waals surface area contributed by atoms with Crippen LogP contribution in [0.2, 0.25) is 0 Å². The third kappa shape index (κ3) is 1.56. The second-order valence-electron chi connectivity index (χ2n) is 2.76. The first kappa shape index (κ1) is 10.2. The molecule has 4 N–H and O–H groups in total. The molecule has 0 spiro atoms. The highest BCUT2D eigenvalue weighted by molar-refractivity contribution is 6.23. The van der Waals surface area contributed by atoms with Crippen LogP contribution in [0.5, 0.6) is 0 Å². The van der Waals surface area contributed by atoms with Crippen molar-refractivity contribution in [3.63, 3.8) is 0 Å². The predicted octanol–water partition coefficient (Wildman–Crippen LogP) is -1.97. The van der Waals surface area contributed by atoms with Crippen LogP contribution in [0.3, 0.4) is 0 Å². The minimum atomic E-state index is -1.70. The van der Waals surface area contributed by atoms with Gasteiger partial charge in [0.2, 0.25) is 0 Å². The Bertz CT molecular complexity index is 166. The van der Waals surface area contributed by atoms with Crippen LogP contribution in [0.25, 0.3) is 0 Å². The molecule has 1 aliphatic heterocycles. The molecule has 0 aliphatic carbocycles. The Kier molecular flexibility index (Phi) is 2.92. The second-order valence-corrected chi connectivity index (χ2v) is 3.40. The summed E-state index contributed by atoms with van der Waals surface area (Å²) in [6, 6.07) is 0. The van der Waals surface area contributed by atoms with Gasteiger partial charge < -0.3 is 25.2 Å². The predicted molar refractivity (Wildman–Crippen MR) is 39.6 cm³/mol. The zero-order chi connectivity index (χ0) is 9.35. The molecule has 1 unspecified atom stereocenters. The number of aliphatic hydroxyl groups is 4. The first-order chi connectivity index (χ1) is 5.51. The van der Waals surface area contributed by atoms with Crippen molar-refractivity contribution in [3.05, 3.63) is 0 Å². The summed E-state index contributed by atoms with van der Waals surface area (Å²) in [5, 5.41) is 34.4. The van der Waals surface area contributed by atoms with Crippen LogP contribution in [0, 0.1) is 0 Å². The topological polar surface area (TPSA) is 90.2 Å². The molecule has 1 aliphatic rings. The average Bonchev–Trinajstić information content (AvgIpc) is 2.09. The summed E-state index contributed by atoms with van der Waals surface area (Å²) in [4.78, 5) is 0. The molecule has 6 heteroatoms. The number of rotatable bonds is 1. The van der Waals surface area contributed by atoms with Gasteiger partial charge in [0.05, 0.1) is 13.2 Å². The summed E-state index contributed by atoms with van der Waals surface area (Å²) in [5.74, 6) is 0. The molecule has 0 bridgehead atoms. The minimum absolute atomic E-state index is 0.206. The van der Waals surface area contributed by atoms with Gasteiger partial charge in [0.15, 0.2) is 5.06 Å². The number of aliphatic hydroxyl groups excluding tert-OH is 4. The zero-order valence-electron chi connectivity index (χ0n) is 6.22. The molecule has 0 radical (unpaired) electrons. The lowest BCUT2D eigenvalue weighted by Gasteiger charge is -2.39. The highest BCUT2D eigenvalue weighted by atomic mass is 35.5. The van der Waals surface area contributed by atoms with Gasteiger partial charge in [-0.3, -0.25) is 0 Å². The number of alkyl halides is 1. The van der Waals surface area contributed by atoms with Crippen molar-refractivity contribution in [2.45, 2.75) is 23.4 Å². The van der Waals surface area contributed by atoms with Crippen LogP contribution in [0.4, 0.5) is 0 Å². The largest absolute Gasteiger partial charge is 0.392 e. The molecule has 1 fully saturated rings. The molecule has 5 nitrogen and oxygen atoms in total. The normalized spacial score (nSPS) is 49.2. The van der Waals surface area contributed by atoms with Gasteiger partial charge in [-0.05, 0) is 0 Å². The van der Waals surface area contributed by atoms with E-state index >= 15 is 0 Å². The summed E-state index contributed by atoms with van der Waals surface area (Å²) in [5.41, 5.74) is 0. The zero-order valence-corrected chi connectivity index (χ0v) is 6.98. The second kappa shape index (κ2) is 3.45. The third-order valence-corrected chi connectivity index (χ3v) is 2.32. The summed E-state index contributed by atoms with van der Waals surface area (Å²) in [6.07, 6.45) is -4.05. The van der Waals surface area contributed by atoms with Crippen molar-refractivity contribution in [1.29, 1.82) is 0 Å². The maximum Gasteiger partial charge on any atom is 0.192 e. The Morgan fingerprint density at radius 1 is 1.42 bits per heavy atom. The SMILES string of the molecule is OCC1(Cl)OC[C@@H](O)[C@@H](O)[C@@H]1O. The minimum Gasteiger partial charge on any atom is -0.392 e. The fourth-order valence-electron chi connectivity index (χ4n) is 1.01. The molecule has 72 valence electrons. The van der Waals surface area contributed by atoms with Gasteiger partial charge in [0.1, 0.15) is 18.3 Å². The van der Waals surface area contributed by atoms with Crippen molar-refractivity contribution < 1.29 is 25.2 Å². The Labute approximate surface area is 74.2 Å². The highest BCUT2D eigenvalue weighted by Crippen LogP contribution is 2.29. The average molecular weight is 199 g/mol. The van der Waals surface area contributed by atoms with Gasteiger partial charge in [0.25, 0.3) is 0 Å². The number of halogens is 1. The molecule has 0 aromatic rings. The van der Waals surface area contributed by atoms with E-state index in [1.165, 1.54) is 0 Å². The van der Waals surface area contributed by atoms with Crippen molar-refractivity contribution in [2.24, 2.45) is 0 Å². The Balaban J connectivity index is 2.71. The van der Waals surface area contributed by atoms with Crippen LogP contribution in [-0.2, 0) is 4.74 Å². The molecule has 1 heterocycles. The van der Waals surface area contributed by atoms with Gasteiger partial charge >= 0.3 is 0 Å². The van der Waals surface area contributed by atoms with Gasteiger partial charge in [-0.15, -0.1) is 0 Å². The summed E-state index contributed by atoms with van der Waals surface area (Å²) >= 11 is 5.58. The fraction of sp³-hybridized carbons (Fsp3) is 1.00. The smallest absolute Gasteiger partial charge is 0.192 e. The molecule has 0 aromatic carbocycles. The maximum absolute atomic E-state index is 9.24. The van der Waals surface area contributed by atoms with E-state index in [0.29, 0.717) is 0 Å². The van der Waals surface area contributed by atoms with Crippen LogP contribution in [-0.4, -0.2) is 57.0 Å². The van der Waals surface area contributed by atoms with E-state index in [-0.39, 0.29) is 6.61 Å². The Hall–Kier alpha value is 0.0900. The van der Waals surface area contributed by atoms with Crippen molar-refractivity contribution in [1.82, 2.24) is 0 Å². The Morgan fingerprint density at radius 2 is 2.00 bits per heavy atom. The molecule has 0 aromatic heterocycles. The lowest BCUT2D eigenvalue weighted by atomic mass is 10.0. The van der Waals surface area contributed by atoms with Crippen LogP contribution >= 0.6 is 11.6 Å². The van der Waals surface area contributed by atoms with Crippen LogP contribution in [0.15, 0.2) is 0 Å². The van der Waals surface area contributed by atoms with Crippen molar-refractivity contribution in [2.75, 3.05) is 13.2 Å². The van der Waals surface area contributed by atoms with Gasteiger partial charge in [-0.1, -0.05) is 11.6 Å². The van der Waals surface area contributed by atoms with E-state index in [1.807, 2.05) is 0 Å². The lowest BCUT2D eigenvalue weighted by molar-refractivity contribution is -0.213. The van der Waals surface area contributed by atoms with E-state index < -0.39 is 30.0 Å². The molecule has 0 amide bonds.